The van der Waals surface area contributed by atoms with Crippen LogP contribution in [0.5, 0.6) is 0 Å². The first kappa shape index (κ1) is 26.3. The first-order valence-corrected chi connectivity index (χ1v) is 12.6. The van der Waals surface area contributed by atoms with Gasteiger partial charge in [0, 0.05) is 38.8 Å². The van der Waals surface area contributed by atoms with Gasteiger partial charge in [-0.1, -0.05) is 12.1 Å². The lowest BCUT2D eigenvalue weighted by Crippen LogP contribution is -2.51. The van der Waals surface area contributed by atoms with Gasteiger partial charge in [0.2, 0.25) is 5.91 Å². The molecule has 198 valence electrons. The first-order valence-electron chi connectivity index (χ1n) is 12.6. The number of likely N-dealkylation sites (tertiary alicyclic amines) is 1. The molecule has 1 N–H and O–H groups in total. The third kappa shape index (κ3) is 6.15. The van der Waals surface area contributed by atoms with Crippen molar-refractivity contribution in [3.05, 3.63) is 53.1 Å². The van der Waals surface area contributed by atoms with E-state index < -0.39 is 11.9 Å². The molecular formula is C26H32FN5O5. The molecule has 2 atom stereocenters. The molecule has 1 aromatic carbocycles. The lowest BCUT2D eigenvalue weighted by Gasteiger charge is -2.33. The molecule has 0 bridgehead atoms. The number of carbonyl (C=O) groups excluding carboxylic acids is 4. The van der Waals surface area contributed by atoms with Gasteiger partial charge in [-0.3, -0.25) is 23.9 Å². The fourth-order valence-electron chi connectivity index (χ4n) is 4.74. The summed E-state index contributed by atoms with van der Waals surface area (Å²) in [5.41, 5.74) is 1.14. The van der Waals surface area contributed by atoms with Crippen molar-refractivity contribution in [1.29, 1.82) is 0 Å². The van der Waals surface area contributed by atoms with E-state index in [1.54, 1.807) is 35.8 Å². The minimum Gasteiger partial charge on any atom is -0.466 e. The predicted molar refractivity (Wildman–Crippen MR) is 131 cm³/mol. The number of aryl methyl sites for hydroxylation is 1. The van der Waals surface area contributed by atoms with Gasteiger partial charge in [0.1, 0.15) is 17.6 Å². The summed E-state index contributed by atoms with van der Waals surface area (Å²) in [6.45, 7) is 5.68. The molecule has 1 saturated heterocycles. The van der Waals surface area contributed by atoms with Crippen LogP contribution in [0.3, 0.4) is 0 Å². The highest BCUT2D eigenvalue weighted by atomic mass is 19.1. The molecule has 11 heteroatoms. The molecule has 0 aliphatic carbocycles. The van der Waals surface area contributed by atoms with Crippen molar-refractivity contribution in [2.24, 2.45) is 5.92 Å². The van der Waals surface area contributed by atoms with Gasteiger partial charge in [-0.2, -0.15) is 5.10 Å². The maximum absolute atomic E-state index is 13.2. The van der Waals surface area contributed by atoms with E-state index in [2.05, 4.69) is 10.4 Å². The molecular weight excluding hydrogens is 481 g/mol. The van der Waals surface area contributed by atoms with E-state index >= 15 is 0 Å². The minimum absolute atomic E-state index is 0.0506. The number of nitrogens with one attached hydrogen (secondary N) is 1. The number of halogens is 1. The smallest absolute Gasteiger partial charge is 0.310 e. The van der Waals surface area contributed by atoms with Crippen LogP contribution in [-0.2, 0) is 27.4 Å². The summed E-state index contributed by atoms with van der Waals surface area (Å²) in [5.74, 6) is -2.13. The minimum atomic E-state index is -0.833. The Morgan fingerprint density at radius 1 is 1.16 bits per heavy atom. The zero-order valence-electron chi connectivity index (χ0n) is 21.1. The average Bonchev–Trinajstić information content (AvgIpc) is 3.27. The van der Waals surface area contributed by atoms with E-state index in [1.807, 2.05) is 0 Å². The van der Waals surface area contributed by atoms with Crippen molar-refractivity contribution in [1.82, 2.24) is 24.9 Å². The van der Waals surface area contributed by atoms with E-state index in [0.717, 1.165) is 5.56 Å². The molecule has 10 nitrogen and oxygen atoms in total. The number of hydrogen-bond acceptors (Lipinski definition) is 6. The summed E-state index contributed by atoms with van der Waals surface area (Å²) in [4.78, 5) is 54.4. The number of nitrogens with zero attached hydrogens (tertiary/aromatic N) is 4. The lowest BCUT2D eigenvalue weighted by atomic mass is 9.97. The molecule has 1 aromatic heterocycles. The van der Waals surface area contributed by atoms with Crippen molar-refractivity contribution in [2.45, 2.75) is 52.2 Å². The SMILES string of the molecule is CCOC(=O)[C@H]1CCCN(C(=O)[C@@H](C)NC(=O)c2cc3n(n2)CCCN(Cc2ccc(F)cc2)C3=O)C1. The second-order valence-corrected chi connectivity index (χ2v) is 9.42. The molecule has 3 heterocycles. The number of rotatable bonds is 7. The van der Waals surface area contributed by atoms with Gasteiger partial charge in [-0.25, -0.2) is 4.39 Å². The van der Waals surface area contributed by atoms with Gasteiger partial charge < -0.3 is 19.9 Å². The van der Waals surface area contributed by atoms with Gasteiger partial charge >= 0.3 is 5.97 Å². The number of benzene rings is 1. The quantitative estimate of drug-likeness (QED) is 0.567. The van der Waals surface area contributed by atoms with Crippen LogP contribution in [0, 0.1) is 11.7 Å². The van der Waals surface area contributed by atoms with Crippen LogP contribution >= 0.6 is 0 Å². The van der Waals surface area contributed by atoms with Gasteiger partial charge in [-0.15, -0.1) is 0 Å². The van der Waals surface area contributed by atoms with Crippen molar-refractivity contribution in [3.63, 3.8) is 0 Å². The Morgan fingerprint density at radius 2 is 1.92 bits per heavy atom. The standard InChI is InChI=1S/C26H32FN5O5/c1-3-37-26(36)19-6-4-11-31(16-19)24(34)17(2)28-23(33)21-14-22-25(35)30(12-5-13-32(22)29-21)15-18-7-9-20(27)10-8-18/h7-10,14,17,19H,3-6,11-13,15-16H2,1-2H3,(H,28,33)/t17-,19+/m1/s1. The van der Waals surface area contributed by atoms with E-state index in [-0.39, 0.29) is 54.1 Å². The highest BCUT2D eigenvalue weighted by Crippen LogP contribution is 2.20. The van der Waals surface area contributed by atoms with Crippen molar-refractivity contribution < 1.29 is 28.3 Å². The predicted octanol–water partition coefficient (Wildman–Crippen LogP) is 1.99. The molecule has 1 fully saturated rings. The van der Waals surface area contributed by atoms with Crippen molar-refractivity contribution in [2.75, 3.05) is 26.2 Å². The summed E-state index contributed by atoms with van der Waals surface area (Å²) in [6, 6.07) is 6.59. The summed E-state index contributed by atoms with van der Waals surface area (Å²) in [6.07, 6.45) is 1.99. The maximum Gasteiger partial charge on any atom is 0.310 e. The Hall–Kier alpha value is -3.76. The van der Waals surface area contributed by atoms with Crippen LogP contribution in [0.4, 0.5) is 4.39 Å². The molecule has 3 amide bonds. The van der Waals surface area contributed by atoms with E-state index in [0.29, 0.717) is 45.4 Å². The Bertz CT molecular complexity index is 1160. The van der Waals surface area contributed by atoms with Crippen LogP contribution in [0.2, 0.25) is 0 Å². The Kier molecular flexibility index (Phi) is 8.20. The Balaban J connectivity index is 1.39. The number of ether oxygens (including phenoxy) is 1. The van der Waals surface area contributed by atoms with Gasteiger partial charge in [0.15, 0.2) is 5.69 Å². The second-order valence-electron chi connectivity index (χ2n) is 9.42. The van der Waals surface area contributed by atoms with Crippen LogP contribution in [0.25, 0.3) is 0 Å². The number of aromatic nitrogens is 2. The summed E-state index contributed by atoms with van der Waals surface area (Å²) in [7, 11) is 0. The van der Waals surface area contributed by atoms with E-state index in [9.17, 15) is 23.6 Å². The second kappa shape index (κ2) is 11.5. The molecule has 2 aromatic rings. The van der Waals surface area contributed by atoms with Crippen LogP contribution in [0.1, 0.15) is 59.7 Å². The highest BCUT2D eigenvalue weighted by molar-refractivity contribution is 5.99. The van der Waals surface area contributed by atoms with Crippen LogP contribution in [-0.4, -0.2) is 75.6 Å². The molecule has 0 unspecified atom stereocenters. The Morgan fingerprint density at radius 3 is 2.65 bits per heavy atom. The topological polar surface area (TPSA) is 114 Å². The average molecular weight is 514 g/mol. The van der Waals surface area contributed by atoms with E-state index in [1.165, 1.54) is 22.9 Å². The maximum atomic E-state index is 13.2. The number of carbonyl (C=O) groups is 4. The molecule has 4 rings (SSSR count). The molecule has 2 aliphatic heterocycles. The third-order valence-corrected chi connectivity index (χ3v) is 6.67. The fourth-order valence-corrected chi connectivity index (χ4v) is 4.74. The normalized spacial score (nSPS) is 18.6. The summed E-state index contributed by atoms with van der Waals surface area (Å²) >= 11 is 0. The molecule has 2 aliphatic rings. The summed E-state index contributed by atoms with van der Waals surface area (Å²) in [5, 5.41) is 6.99. The first-order chi connectivity index (χ1) is 17.8. The lowest BCUT2D eigenvalue weighted by molar-refractivity contribution is -0.151. The van der Waals surface area contributed by atoms with Gasteiger partial charge in [0.25, 0.3) is 11.8 Å². The van der Waals surface area contributed by atoms with Gasteiger partial charge in [-0.05, 0) is 50.8 Å². The number of fused-ring (bicyclic) bond motifs is 1. The molecule has 0 saturated carbocycles. The Labute approximate surface area is 214 Å². The third-order valence-electron chi connectivity index (χ3n) is 6.67. The fraction of sp³-hybridized carbons (Fsp3) is 0.500. The van der Waals surface area contributed by atoms with Crippen molar-refractivity contribution in [3.8, 4) is 0 Å². The van der Waals surface area contributed by atoms with E-state index in [4.69, 9.17) is 4.74 Å². The zero-order chi connectivity index (χ0) is 26.5. The number of amides is 3. The van der Waals surface area contributed by atoms with Crippen LogP contribution in [0.15, 0.2) is 30.3 Å². The van der Waals surface area contributed by atoms with Crippen molar-refractivity contribution >= 4 is 23.7 Å². The number of esters is 1. The monoisotopic (exact) mass is 513 g/mol. The summed E-state index contributed by atoms with van der Waals surface area (Å²) < 4.78 is 19.8. The molecule has 0 radical (unpaired) electrons. The highest BCUT2D eigenvalue weighted by Gasteiger charge is 2.32. The molecule has 0 spiro atoms. The van der Waals surface area contributed by atoms with Crippen LogP contribution < -0.4 is 5.32 Å². The van der Waals surface area contributed by atoms with Gasteiger partial charge in [0.05, 0.1) is 12.5 Å². The largest absolute Gasteiger partial charge is 0.466 e. The zero-order valence-corrected chi connectivity index (χ0v) is 21.1. The number of piperidine rings is 1. The number of hydrogen-bond donors (Lipinski definition) is 1. The molecule has 37 heavy (non-hydrogen) atoms.